The van der Waals surface area contributed by atoms with Crippen molar-refractivity contribution in [2.75, 3.05) is 24.3 Å². The quantitative estimate of drug-likeness (QED) is 0.760. The average molecular weight is 397 g/mol. The third-order valence-corrected chi connectivity index (χ3v) is 6.36. The Morgan fingerprint density at radius 2 is 1.81 bits per heavy atom. The van der Waals surface area contributed by atoms with E-state index in [4.69, 9.17) is 10.5 Å². The van der Waals surface area contributed by atoms with Crippen LogP contribution in [0.3, 0.4) is 0 Å². The van der Waals surface area contributed by atoms with E-state index in [-0.39, 0.29) is 30.0 Å². The Morgan fingerprint density at radius 3 is 2.38 bits per heavy atom. The number of nitrogen functional groups attached to an aromatic ring is 1. The van der Waals surface area contributed by atoms with E-state index in [2.05, 4.69) is 4.90 Å². The van der Waals surface area contributed by atoms with Crippen LogP contribution in [-0.4, -0.2) is 38.0 Å². The minimum absolute atomic E-state index is 0. The van der Waals surface area contributed by atoms with Gasteiger partial charge in [0.1, 0.15) is 5.75 Å². The number of rotatable bonds is 6. The number of benzene rings is 2. The Bertz CT molecular complexity index is 825. The van der Waals surface area contributed by atoms with Crippen molar-refractivity contribution in [1.29, 1.82) is 0 Å². The Morgan fingerprint density at radius 1 is 1.12 bits per heavy atom. The first-order valence-corrected chi connectivity index (χ1v) is 10.2. The summed E-state index contributed by atoms with van der Waals surface area (Å²) < 4.78 is 29.1. The molecule has 0 radical (unpaired) electrons. The number of ether oxygens (including phenoxy) is 1. The van der Waals surface area contributed by atoms with E-state index in [0.29, 0.717) is 19.5 Å². The van der Waals surface area contributed by atoms with Crippen molar-refractivity contribution in [2.24, 2.45) is 0 Å². The van der Waals surface area contributed by atoms with Gasteiger partial charge in [0.05, 0.1) is 18.6 Å². The molecule has 2 aromatic rings. The minimum Gasteiger partial charge on any atom is -0.497 e. The van der Waals surface area contributed by atoms with Crippen LogP contribution in [0.15, 0.2) is 48.5 Å². The predicted octanol–water partition coefficient (Wildman–Crippen LogP) is 2.89. The number of nitrogens with zero attached hydrogens (tertiary/aromatic N) is 1. The van der Waals surface area contributed by atoms with Crippen molar-refractivity contribution in [1.82, 2.24) is 4.90 Å². The van der Waals surface area contributed by atoms with Crippen LogP contribution < -0.4 is 10.5 Å². The fourth-order valence-electron chi connectivity index (χ4n) is 3.27. The van der Waals surface area contributed by atoms with Gasteiger partial charge in [-0.05, 0) is 41.8 Å². The molecule has 0 bridgehead atoms. The van der Waals surface area contributed by atoms with Gasteiger partial charge in [0.25, 0.3) is 0 Å². The molecule has 0 aliphatic carbocycles. The Kier molecular flexibility index (Phi) is 6.92. The summed E-state index contributed by atoms with van der Waals surface area (Å²) in [6, 6.07) is 15.7. The highest BCUT2D eigenvalue weighted by Gasteiger charge is 2.32. The minimum atomic E-state index is -2.93. The first-order valence-electron chi connectivity index (χ1n) is 8.37. The summed E-state index contributed by atoms with van der Waals surface area (Å²) in [7, 11) is -1.29. The molecule has 1 unspecified atom stereocenters. The summed E-state index contributed by atoms with van der Waals surface area (Å²) in [5, 5.41) is 0. The molecule has 2 N–H and O–H groups in total. The van der Waals surface area contributed by atoms with Crippen LogP contribution >= 0.6 is 12.4 Å². The third kappa shape index (κ3) is 5.37. The van der Waals surface area contributed by atoms with Crippen LogP contribution in [-0.2, 0) is 22.9 Å². The number of sulfone groups is 1. The SMILES string of the molecule is COc1ccc(CN(Cc2cccc(N)c2)C2CCS(=O)(=O)C2)cc1.Cl. The molecule has 3 rings (SSSR count). The van der Waals surface area contributed by atoms with E-state index in [1.165, 1.54) is 0 Å². The smallest absolute Gasteiger partial charge is 0.151 e. The lowest BCUT2D eigenvalue weighted by Gasteiger charge is -2.28. The van der Waals surface area contributed by atoms with Crippen LogP contribution in [0.4, 0.5) is 5.69 Å². The van der Waals surface area contributed by atoms with Crippen molar-refractivity contribution in [3.8, 4) is 5.75 Å². The van der Waals surface area contributed by atoms with Crippen molar-refractivity contribution in [2.45, 2.75) is 25.6 Å². The topological polar surface area (TPSA) is 72.6 Å². The molecule has 0 amide bonds. The molecule has 5 nitrogen and oxygen atoms in total. The Hall–Kier alpha value is -1.76. The highest BCUT2D eigenvalue weighted by Crippen LogP contribution is 2.23. The highest BCUT2D eigenvalue weighted by atomic mass is 35.5. The number of nitrogens with two attached hydrogens (primary N) is 1. The second kappa shape index (κ2) is 8.75. The van der Waals surface area contributed by atoms with Gasteiger partial charge in [-0.15, -0.1) is 12.4 Å². The lowest BCUT2D eigenvalue weighted by atomic mass is 10.1. The maximum absolute atomic E-state index is 11.9. The van der Waals surface area contributed by atoms with Crippen molar-refractivity contribution < 1.29 is 13.2 Å². The molecule has 26 heavy (non-hydrogen) atoms. The van der Waals surface area contributed by atoms with Gasteiger partial charge in [-0.2, -0.15) is 0 Å². The maximum atomic E-state index is 11.9. The molecule has 0 saturated carbocycles. The molecule has 7 heteroatoms. The molecule has 142 valence electrons. The van der Waals surface area contributed by atoms with Gasteiger partial charge in [0, 0.05) is 24.8 Å². The number of halogens is 1. The number of methoxy groups -OCH3 is 1. The Labute approximate surface area is 161 Å². The van der Waals surface area contributed by atoms with E-state index >= 15 is 0 Å². The summed E-state index contributed by atoms with van der Waals surface area (Å²) >= 11 is 0. The monoisotopic (exact) mass is 396 g/mol. The normalized spacial score (nSPS) is 18.5. The third-order valence-electron chi connectivity index (χ3n) is 4.61. The van der Waals surface area contributed by atoms with Gasteiger partial charge in [-0.25, -0.2) is 8.42 Å². The van der Waals surface area contributed by atoms with Crippen molar-refractivity contribution >= 4 is 27.9 Å². The largest absolute Gasteiger partial charge is 0.497 e. The molecular formula is C19H25ClN2O3S. The lowest BCUT2D eigenvalue weighted by Crippen LogP contribution is -2.35. The zero-order chi connectivity index (χ0) is 17.9. The van der Waals surface area contributed by atoms with Gasteiger partial charge in [-0.1, -0.05) is 24.3 Å². The van der Waals surface area contributed by atoms with Gasteiger partial charge < -0.3 is 10.5 Å². The van der Waals surface area contributed by atoms with Gasteiger partial charge in [-0.3, -0.25) is 4.90 Å². The van der Waals surface area contributed by atoms with E-state index in [1.807, 2.05) is 48.5 Å². The van der Waals surface area contributed by atoms with Crippen LogP contribution in [0, 0.1) is 0 Å². The number of hydrogen-bond acceptors (Lipinski definition) is 5. The van der Waals surface area contributed by atoms with Gasteiger partial charge >= 0.3 is 0 Å². The maximum Gasteiger partial charge on any atom is 0.151 e. The molecule has 1 aliphatic heterocycles. The zero-order valence-electron chi connectivity index (χ0n) is 14.8. The second-order valence-corrected chi connectivity index (χ2v) is 8.78. The van der Waals surface area contributed by atoms with Crippen LogP contribution in [0.2, 0.25) is 0 Å². The highest BCUT2D eigenvalue weighted by molar-refractivity contribution is 7.91. The fraction of sp³-hybridized carbons (Fsp3) is 0.368. The zero-order valence-corrected chi connectivity index (χ0v) is 16.4. The Balaban J connectivity index is 0.00000243. The summed E-state index contributed by atoms with van der Waals surface area (Å²) in [6.07, 6.45) is 0.681. The molecule has 0 aromatic heterocycles. The predicted molar refractivity (Wildman–Crippen MR) is 107 cm³/mol. The lowest BCUT2D eigenvalue weighted by molar-refractivity contribution is 0.194. The summed E-state index contributed by atoms with van der Waals surface area (Å²) in [4.78, 5) is 2.24. The molecule has 1 fully saturated rings. The van der Waals surface area contributed by atoms with E-state index in [9.17, 15) is 8.42 Å². The summed E-state index contributed by atoms with van der Waals surface area (Å²) in [5.74, 6) is 1.31. The first kappa shape index (κ1) is 20.6. The van der Waals surface area contributed by atoms with Crippen LogP contribution in [0.5, 0.6) is 5.75 Å². The fourth-order valence-corrected chi connectivity index (χ4v) is 5.03. The van der Waals surface area contributed by atoms with Crippen molar-refractivity contribution in [3.05, 3.63) is 59.7 Å². The first-order chi connectivity index (χ1) is 11.9. The molecule has 1 saturated heterocycles. The van der Waals surface area contributed by atoms with Crippen LogP contribution in [0.25, 0.3) is 0 Å². The van der Waals surface area contributed by atoms with E-state index in [1.54, 1.807) is 7.11 Å². The van der Waals surface area contributed by atoms with E-state index in [0.717, 1.165) is 22.6 Å². The standard InChI is InChI=1S/C19H24N2O3S.ClH/c1-24-19-7-5-15(6-8-19)12-21(18-9-10-25(22,23)14-18)13-16-3-2-4-17(20)11-16;/h2-8,11,18H,9-10,12-14,20H2,1H3;1H. The van der Waals surface area contributed by atoms with Gasteiger partial charge in [0.15, 0.2) is 9.84 Å². The molecule has 2 aromatic carbocycles. The molecular weight excluding hydrogens is 372 g/mol. The van der Waals surface area contributed by atoms with Crippen LogP contribution in [0.1, 0.15) is 17.5 Å². The summed E-state index contributed by atoms with van der Waals surface area (Å²) in [5.41, 5.74) is 8.84. The van der Waals surface area contributed by atoms with Gasteiger partial charge in [0.2, 0.25) is 0 Å². The van der Waals surface area contributed by atoms with Crippen molar-refractivity contribution in [3.63, 3.8) is 0 Å². The number of hydrogen-bond donors (Lipinski definition) is 1. The summed E-state index contributed by atoms with van der Waals surface area (Å²) in [6.45, 7) is 1.37. The molecule has 0 spiro atoms. The molecule has 1 atom stereocenters. The van der Waals surface area contributed by atoms with E-state index < -0.39 is 9.84 Å². The molecule has 1 heterocycles. The molecule has 1 aliphatic rings. The second-order valence-electron chi connectivity index (χ2n) is 6.55. The number of anilines is 1. The average Bonchev–Trinajstić information content (AvgIpc) is 2.95.